The Kier molecular flexibility index (Phi) is 6.32. The van der Waals surface area contributed by atoms with Crippen molar-refractivity contribution in [3.8, 4) is 0 Å². The quantitative estimate of drug-likeness (QED) is 0.457. The number of carbonyl (C=O) groups excluding carboxylic acids is 1. The molecule has 0 aromatic carbocycles. The molecule has 0 amide bonds. The number of aliphatic carboxylic acids is 2. The van der Waals surface area contributed by atoms with E-state index in [0.717, 1.165) is 19.4 Å². The first-order valence-electron chi connectivity index (χ1n) is 5.56. The third-order valence-corrected chi connectivity index (χ3v) is 1.93. The zero-order valence-electron chi connectivity index (χ0n) is 10.7. The Hall–Kier alpha value is -1.63. The molecule has 1 aliphatic heterocycles. The number of carboxylic acid groups (broad SMARTS) is 2. The molecule has 1 aliphatic rings. The van der Waals surface area contributed by atoms with Crippen LogP contribution < -0.4 is 5.32 Å². The highest BCUT2D eigenvalue weighted by atomic mass is 16.6. The molecule has 0 unspecified atom stereocenters. The summed E-state index contributed by atoms with van der Waals surface area (Å²) in [4.78, 5) is 29.6. The normalized spacial score (nSPS) is 18.5. The molecule has 1 heterocycles. The lowest BCUT2D eigenvalue weighted by molar-refractivity contribution is -0.159. The van der Waals surface area contributed by atoms with Crippen LogP contribution in [0.1, 0.15) is 33.6 Å². The summed E-state index contributed by atoms with van der Waals surface area (Å²) in [7, 11) is 0. The Bertz CT molecular complexity index is 302. The van der Waals surface area contributed by atoms with Gasteiger partial charge in [-0.2, -0.15) is 0 Å². The van der Waals surface area contributed by atoms with Crippen molar-refractivity contribution in [1.82, 2.24) is 5.32 Å². The maximum Gasteiger partial charge on any atom is 0.414 e. The molecule has 0 aromatic rings. The minimum absolute atomic E-state index is 0.0655. The largest absolute Gasteiger partial charge is 0.473 e. The first kappa shape index (κ1) is 16.4. The standard InChI is InChI=1S/C9H17NO2.C2H2O4/c1-9(2,3)12-8(11)7-5-4-6-10-7;3-1(4)2(5)6/h7,10H,4-6H2,1-3H3;(H,3,4)(H,5,6)/t7-;/m0./s1. The van der Waals surface area contributed by atoms with Crippen LogP contribution in [0.4, 0.5) is 0 Å². The second-order valence-corrected chi connectivity index (χ2v) is 4.79. The maximum absolute atomic E-state index is 11.4. The summed E-state index contributed by atoms with van der Waals surface area (Å²) in [5.74, 6) is -3.76. The van der Waals surface area contributed by atoms with Gasteiger partial charge in [0.25, 0.3) is 0 Å². The van der Waals surface area contributed by atoms with Gasteiger partial charge in [-0.25, -0.2) is 9.59 Å². The number of carbonyl (C=O) groups is 3. The highest BCUT2D eigenvalue weighted by Crippen LogP contribution is 2.12. The van der Waals surface area contributed by atoms with Gasteiger partial charge in [0.2, 0.25) is 0 Å². The molecule has 0 radical (unpaired) electrons. The van der Waals surface area contributed by atoms with Gasteiger partial charge in [0.1, 0.15) is 11.6 Å². The SMILES string of the molecule is CC(C)(C)OC(=O)[C@@H]1CCCN1.O=C(O)C(=O)O. The van der Waals surface area contributed by atoms with Crippen LogP contribution in [-0.2, 0) is 19.1 Å². The Balaban J connectivity index is 0.000000411. The maximum atomic E-state index is 11.4. The predicted octanol–water partition coefficient (Wildman–Crippen LogP) is 0.236. The first-order chi connectivity index (χ1) is 8.13. The van der Waals surface area contributed by atoms with Crippen molar-refractivity contribution in [1.29, 1.82) is 0 Å². The molecule has 0 aliphatic carbocycles. The van der Waals surface area contributed by atoms with E-state index in [2.05, 4.69) is 5.32 Å². The van der Waals surface area contributed by atoms with Crippen molar-refractivity contribution in [3.05, 3.63) is 0 Å². The van der Waals surface area contributed by atoms with Gasteiger partial charge in [0, 0.05) is 0 Å². The van der Waals surface area contributed by atoms with Crippen LogP contribution in [0.2, 0.25) is 0 Å². The zero-order chi connectivity index (χ0) is 14.3. The molecule has 1 atom stereocenters. The minimum Gasteiger partial charge on any atom is -0.473 e. The van der Waals surface area contributed by atoms with Gasteiger partial charge in [-0.1, -0.05) is 0 Å². The van der Waals surface area contributed by atoms with Gasteiger partial charge < -0.3 is 20.3 Å². The van der Waals surface area contributed by atoms with E-state index >= 15 is 0 Å². The number of nitrogens with one attached hydrogen (secondary N) is 1. The average Bonchev–Trinajstić information content (AvgIpc) is 2.68. The van der Waals surface area contributed by atoms with Crippen LogP contribution in [-0.4, -0.2) is 46.3 Å². The van der Waals surface area contributed by atoms with E-state index in [1.54, 1.807) is 0 Å². The Morgan fingerprint density at radius 3 is 1.94 bits per heavy atom. The lowest BCUT2D eigenvalue weighted by atomic mass is 10.2. The van der Waals surface area contributed by atoms with Crippen LogP contribution in [0.15, 0.2) is 0 Å². The first-order valence-corrected chi connectivity index (χ1v) is 5.56. The van der Waals surface area contributed by atoms with E-state index in [1.807, 2.05) is 20.8 Å². The summed E-state index contributed by atoms with van der Waals surface area (Å²) in [5, 5.41) is 17.9. The zero-order valence-corrected chi connectivity index (χ0v) is 10.7. The van der Waals surface area contributed by atoms with Crippen molar-refractivity contribution in [2.24, 2.45) is 0 Å². The van der Waals surface area contributed by atoms with Gasteiger partial charge >= 0.3 is 17.9 Å². The smallest absolute Gasteiger partial charge is 0.414 e. The molecule has 7 heteroatoms. The molecule has 1 saturated heterocycles. The summed E-state index contributed by atoms with van der Waals surface area (Å²) in [6, 6.07) is -0.0655. The van der Waals surface area contributed by atoms with Crippen LogP contribution in [0.3, 0.4) is 0 Å². The van der Waals surface area contributed by atoms with Gasteiger partial charge in [0.05, 0.1) is 0 Å². The number of rotatable bonds is 1. The molecule has 0 spiro atoms. The topological polar surface area (TPSA) is 113 Å². The van der Waals surface area contributed by atoms with E-state index in [-0.39, 0.29) is 17.6 Å². The van der Waals surface area contributed by atoms with Gasteiger partial charge in [-0.3, -0.25) is 4.79 Å². The number of hydrogen-bond acceptors (Lipinski definition) is 5. The fourth-order valence-electron chi connectivity index (χ4n) is 1.26. The molecule has 104 valence electrons. The van der Waals surface area contributed by atoms with Crippen LogP contribution in [0.5, 0.6) is 0 Å². The lowest BCUT2D eigenvalue weighted by Crippen LogP contribution is -2.37. The van der Waals surface area contributed by atoms with Gasteiger partial charge in [0.15, 0.2) is 0 Å². The molecule has 3 N–H and O–H groups in total. The molecule has 7 nitrogen and oxygen atoms in total. The highest BCUT2D eigenvalue weighted by molar-refractivity contribution is 6.27. The molecule has 1 rings (SSSR count). The number of carboxylic acids is 2. The summed E-state index contributed by atoms with van der Waals surface area (Å²) >= 11 is 0. The monoisotopic (exact) mass is 261 g/mol. The van der Waals surface area contributed by atoms with Crippen LogP contribution in [0.25, 0.3) is 0 Å². The van der Waals surface area contributed by atoms with E-state index in [0.29, 0.717) is 0 Å². The number of ether oxygens (including phenoxy) is 1. The molecule has 18 heavy (non-hydrogen) atoms. The van der Waals surface area contributed by atoms with Crippen molar-refractivity contribution >= 4 is 17.9 Å². The fraction of sp³-hybridized carbons (Fsp3) is 0.727. The third-order valence-electron chi connectivity index (χ3n) is 1.93. The van der Waals surface area contributed by atoms with E-state index < -0.39 is 11.9 Å². The second-order valence-electron chi connectivity index (χ2n) is 4.79. The van der Waals surface area contributed by atoms with Crippen molar-refractivity contribution in [2.75, 3.05) is 6.54 Å². The highest BCUT2D eigenvalue weighted by Gasteiger charge is 2.26. The number of hydrogen-bond donors (Lipinski definition) is 3. The molecule has 0 bridgehead atoms. The van der Waals surface area contributed by atoms with Crippen molar-refractivity contribution in [2.45, 2.75) is 45.3 Å². The number of esters is 1. The van der Waals surface area contributed by atoms with E-state index in [1.165, 1.54) is 0 Å². The summed E-state index contributed by atoms with van der Waals surface area (Å²) < 4.78 is 5.22. The molecular weight excluding hydrogens is 242 g/mol. The molecule has 0 saturated carbocycles. The summed E-state index contributed by atoms with van der Waals surface area (Å²) in [5.41, 5.74) is -0.360. The van der Waals surface area contributed by atoms with Crippen molar-refractivity contribution in [3.63, 3.8) is 0 Å². The van der Waals surface area contributed by atoms with E-state index in [9.17, 15) is 4.79 Å². The summed E-state index contributed by atoms with van der Waals surface area (Å²) in [6.45, 7) is 6.60. The third kappa shape index (κ3) is 7.61. The second kappa shape index (κ2) is 6.95. The Morgan fingerprint density at radius 2 is 1.67 bits per heavy atom. The predicted molar refractivity (Wildman–Crippen MR) is 62.1 cm³/mol. The molecule has 0 aromatic heterocycles. The van der Waals surface area contributed by atoms with Gasteiger partial charge in [-0.05, 0) is 40.2 Å². The van der Waals surface area contributed by atoms with Crippen LogP contribution in [0, 0.1) is 0 Å². The van der Waals surface area contributed by atoms with Crippen molar-refractivity contribution < 1.29 is 29.3 Å². The lowest BCUT2D eigenvalue weighted by Gasteiger charge is -2.21. The molecule has 1 fully saturated rings. The van der Waals surface area contributed by atoms with Crippen LogP contribution >= 0.6 is 0 Å². The Morgan fingerprint density at radius 1 is 1.17 bits per heavy atom. The Labute approximate surface area is 105 Å². The minimum atomic E-state index is -1.82. The fourth-order valence-corrected chi connectivity index (χ4v) is 1.26. The molecular formula is C11H19NO6. The van der Waals surface area contributed by atoms with E-state index in [4.69, 9.17) is 24.5 Å². The van der Waals surface area contributed by atoms with Gasteiger partial charge in [-0.15, -0.1) is 0 Å². The average molecular weight is 261 g/mol. The summed E-state index contributed by atoms with van der Waals surface area (Å²) in [6.07, 6.45) is 1.98.